The molecule has 1 unspecified atom stereocenters. The molecule has 0 aliphatic rings. The number of hydrogen-bond acceptors (Lipinski definition) is 6. The van der Waals surface area contributed by atoms with Gasteiger partial charge in [0.1, 0.15) is 6.61 Å². The van der Waals surface area contributed by atoms with Gasteiger partial charge in [0.05, 0.1) is 12.3 Å². The van der Waals surface area contributed by atoms with Crippen molar-refractivity contribution < 1.29 is 27.3 Å². The number of amides is 1. The molecular weight excluding hydrogens is 389 g/mol. The Kier molecular flexibility index (Phi) is 6.94. The molecule has 27 heavy (non-hydrogen) atoms. The van der Waals surface area contributed by atoms with Crippen LogP contribution in [0.4, 0.5) is 13.2 Å². The summed E-state index contributed by atoms with van der Waals surface area (Å²) in [5.41, 5.74) is 1.87. The summed E-state index contributed by atoms with van der Waals surface area (Å²) >= 11 is 5.32. The molecule has 0 saturated carbocycles. The Hall–Kier alpha value is -2.88. The molecule has 1 atom stereocenters. The van der Waals surface area contributed by atoms with Gasteiger partial charge in [-0.05, 0) is 25.1 Å². The van der Waals surface area contributed by atoms with Crippen LogP contribution in [0.2, 0.25) is 0 Å². The zero-order chi connectivity index (χ0) is 19.9. The van der Waals surface area contributed by atoms with Gasteiger partial charge in [0.25, 0.3) is 5.91 Å². The summed E-state index contributed by atoms with van der Waals surface area (Å²) < 4.78 is 41.6. The van der Waals surface area contributed by atoms with Gasteiger partial charge in [-0.25, -0.2) is 0 Å². The van der Waals surface area contributed by atoms with Crippen LogP contribution in [-0.4, -0.2) is 34.9 Å². The first-order valence-electron chi connectivity index (χ1n) is 7.54. The summed E-state index contributed by atoms with van der Waals surface area (Å²) in [6, 6.07) is 5.28. The number of benzene rings is 1. The first kappa shape index (κ1) is 20.4. The van der Waals surface area contributed by atoms with Crippen LogP contribution in [-0.2, 0) is 11.0 Å². The molecule has 0 bridgehead atoms. The van der Waals surface area contributed by atoms with Gasteiger partial charge in [-0.2, -0.15) is 18.2 Å². The molecule has 7 nitrogen and oxygen atoms in total. The lowest BCUT2D eigenvalue weighted by Gasteiger charge is -2.09. The molecule has 2 aromatic rings. The van der Waals surface area contributed by atoms with Crippen LogP contribution in [0, 0.1) is 0 Å². The highest BCUT2D eigenvalue weighted by Crippen LogP contribution is 2.29. The normalized spacial score (nSPS) is 13.2. The number of aromatic nitrogens is 2. The Morgan fingerprint density at radius 2 is 2.11 bits per heavy atom. The van der Waals surface area contributed by atoms with Gasteiger partial charge in [0.2, 0.25) is 5.82 Å². The fourth-order valence-electron chi connectivity index (χ4n) is 1.81. The molecule has 1 N–H and O–H groups in total. The van der Waals surface area contributed by atoms with Crippen molar-refractivity contribution in [2.24, 2.45) is 5.16 Å². The molecule has 1 heterocycles. The third kappa shape index (κ3) is 6.10. The molecule has 1 amide bonds. The van der Waals surface area contributed by atoms with Crippen molar-refractivity contribution >= 4 is 23.7 Å². The van der Waals surface area contributed by atoms with Gasteiger partial charge in [0.15, 0.2) is 0 Å². The molecule has 11 heteroatoms. The van der Waals surface area contributed by atoms with E-state index in [1.165, 1.54) is 36.0 Å². The Balaban J connectivity index is 1.96. The van der Waals surface area contributed by atoms with E-state index in [0.29, 0.717) is 5.56 Å². The fraction of sp³-hybridized carbons (Fsp3) is 0.250. The zero-order valence-electron chi connectivity index (χ0n) is 13.9. The maximum atomic E-state index is 12.5. The largest absolute Gasteiger partial charge is 0.471 e. The zero-order valence-corrected chi connectivity index (χ0v) is 14.7. The summed E-state index contributed by atoms with van der Waals surface area (Å²) in [6.07, 6.45) is -1.77. The highest BCUT2D eigenvalue weighted by atomic mass is 35.5. The number of nitrogens with zero attached hydrogens (tertiary/aromatic N) is 3. The summed E-state index contributed by atoms with van der Waals surface area (Å²) in [5.74, 6) is -2.06. The summed E-state index contributed by atoms with van der Waals surface area (Å²) in [4.78, 5) is 20.3. The Bertz CT molecular complexity index is 819. The van der Waals surface area contributed by atoms with E-state index in [2.05, 4.69) is 25.1 Å². The van der Waals surface area contributed by atoms with Crippen LogP contribution >= 0.6 is 11.6 Å². The highest BCUT2D eigenvalue weighted by Gasteiger charge is 2.38. The number of carbonyl (C=O) groups excluding carboxylic acids is 1. The lowest BCUT2D eigenvalue weighted by Crippen LogP contribution is -2.33. The second-order valence-electron chi connectivity index (χ2n) is 5.17. The Morgan fingerprint density at radius 1 is 1.41 bits per heavy atom. The molecule has 0 saturated heterocycles. The van der Waals surface area contributed by atoms with Crippen LogP contribution in [0.1, 0.15) is 23.2 Å². The van der Waals surface area contributed by atoms with Crippen molar-refractivity contribution in [3.05, 3.63) is 47.3 Å². The molecule has 0 aliphatic heterocycles. The van der Waals surface area contributed by atoms with Gasteiger partial charge in [-0.1, -0.05) is 34.0 Å². The number of nitrogens with one attached hydrogen (secondary N) is 1. The Morgan fingerprint density at radius 3 is 2.70 bits per heavy atom. The topological polar surface area (TPSA) is 89.6 Å². The molecule has 0 spiro atoms. The smallest absolute Gasteiger partial charge is 0.392 e. The van der Waals surface area contributed by atoms with Crippen molar-refractivity contribution in [3.8, 4) is 11.4 Å². The predicted octanol–water partition coefficient (Wildman–Crippen LogP) is 3.63. The van der Waals surface area contributed by atoms with Gasteiger partial charge in [0, 0.05) is 16.7 Å². The number of oxime groups is 1. The summed E-state index contributed by atoms with van der Waals surface area (Å²) in [6.45, 7) is 1.89. The van der Waals surface area contributed by atoms with Crippen molar-refractivity contribution in [3.63, 3.8) is 0 Å². The van der Waals surface area contributed by atoms with E-state index in [-0.39, 0.29) is 18.0 Å². The van der Waals surface area contributed by atoms with Gasteiger partial charge >= 0.3 is 12.1 Å². The van der Waals surface area contributed by atoms with Crippen LogP contribution in [0.5, 0.6) is 0 Å². The maximum Gasteiger partial charge on any atom is 0.471 e. The van der Waals surface area contributed by atoms with Crippen molar-refractivity contribution in [2.45, 2.75) is 19.1 Å². The minimum absolute atomic E-state index is 0.203. The molecular formula is C16H14ClF3N4O3. The summed E-state index contributed by atoms with van der Waals surface area (Å²) in [5, 5.41) is 9.60. The predicted molar refractivity (Wildman–Crippen MR) is 91.1 cm³/mol. The molecule has 144 valence electrons. The standard InChI is InChI=1S/C16H14ClF3N4O3/c1-10(9-21-26-8-2-7-17)22-14(25)12-5-3-11(4-6-12)13-23-15(27-24-13)16(18,19)20/h2-7,9-10H,8H2,1H3,(H,22,25). The number of rotatable bonds is 7. The van der Waals surface area contributed by atoms with Gasteiger partial charge in [-0.3, -0.25) is 4.79 Å². The van der Waals surface area contributed by atoms with E-state index in [4.69, 9.17) is 16.4 Å². The minimum atomic E-state index is -4.72. The van der Waals surface area contributed by atoms with Crippen LogP contribution in [0.25, 0.3) is 11.4 Å². The molecule has 0 aliphatic carbocycles. The van der Waals surface area contributed by atoms with Gasteiger partial charge < -0.3 is 14.7 Å². The van der Waals surface area contributed by atoms with Crippen LogP contribution in [0.3, 0.4) is 0 Å². The van der Waals surface area contributed by atoms with E-state index in [9.17, 15) is 18.0 Å². The van der Waals surface area contributed by atoms with E-state index in [1.807, 2.05) is 0 Å². The highest BCUT2D eigenvalue weighted by molar-refractivity contribution is 6.25. The number of hydrogen-bond donors (Lipinski definition) is 1. The van der Waals surface area contributed by atoms with E-state index < -0.39 is 24.0 Å². The molecule has 2 rings (SSSR count). The second kappa shape index (κ2) is 9.17. The lowest BCUT2D eigenvalue weighted by atomic mass is 10.1. The monoisotopic (exact) mass is 402 g/mol. The van der Waals surface area contributed by atoms with Crippen LogP contribution in [0.15, 0.2) is 45.6 Å². The molecule has 0 radical (unpaired) electrons. The van der Waals surface area contributed by atoms with Gasteiger partial charge in [-0.15, -0.1) is 0 Å². The van der Waals surface area contributed by atoms with E-state index >= 15 is 0 Å². The van der Waals surface area contributed by atoms with Crippen molar-refractivity contribution in [1.82, 2.24) is 15.5 Å². The maximum absolute atomic E-state index is 12.5. The third-order valence-corrected chi connectivity index (χ3v) is 3.23. The average molecular weight is 403 g/mol. The first-order valence-corrected chi connectivity index (χ1v) is 7.97. The third-order valence-electron chi connectivity index (χ3n) is 3.05. The van der Waals surface area contributed by atoms with E-state index in [0.717, 1.165) is 0 Å². The molecule has 0 fully saturated rings. The summed E-state index contributed by atoms with van der Waals surface area (Å²) in [7, 11) is 0. The minimum Gasteiger partial charge on any atom is -0.392 e. The molecule has 1 aromatic heterocycles. The van der Waals surface area contributed by atoms with E-state index in [1.54, 1.807) is 13.0 Å². The second-order valence-corrected chi connectivity index (χ2v) is 5.42. The average Bonchev–Trinajstić information content (AvgIpc) is 3.12. The first-order chi connectivity index (χ1) is 12.8. The SMILES string of the molecule is CC(C=NOCC=CCl)NC(=O)c1ccc(-c2noc(C(F)(F)F)n2)cc1. The van der Waals surface area contributed by atoms with Crippen molar-refractivity contribution in [1.29, 1.82) is 0 Å². The van der Waals surface area contributed by atoms with Crippen molar-refractivity contribution in [2.75, 3.05) is 6.61 Å². The lowest BCUT2D eigenvalue weighted by molar-refractivity contribution is -0.159. The Labute approximate surface area is 156 Å². The number of alkyl halides is 3. The number of halogens is 4. The number of carbonyl (C=O) groups is 1. The molecule has 1 aromatic carbocycles. The quantitative estimate of drug-likeness (QED) is 0.434. The fourth-order valence-corrected chi connectivity index (χ4v) is 1.88. The van der Waals surface area contributed by atoms with Crippen LogP contribution < -0.4 is 5.32 Å².